The minimum Gasteiger partial charge on any atom is -0.467 e. The van der Waals surface area contributed by atoms with Crippen molar-refractivity contribution < 1.29 is 14.3 Å². The van der Waals surface area contributed by atoms with Gasteiger partial charge < -0.3 is 14.6 Å². The summed E-state index contributed by atoms with van der Waals surface area (Å²) in [6.45, 7) is 1.49. The molecule has 0 bridgehead atoms. The number of esters is 1. The number of nitrogens with one attached hydrogen (secondary N) is 1. The third kappa shape index (κ3) is 2.84. The average molecular weight is 427 g/mol. The summed E-state index contributed by atoms with van der Waals surface area (Å²) in [6, 6.07) is 14.7. The van der Waals surface area contributed by atoms with Crippen molar-refractivity contribution in [1.82, 2.24) is 9.88 Å². The molecule has 1 aromatic heterocycles. The first kappa shape index (κ1) is 17.8. The Balaban J connectivity index is 2.01. The van der Waals surface area contributed by atoms with E-state index in [0.29, 0.717) is 6.42 Å². The normalized spacial score (nSPS) is 19.0. The molecule has 2 aromatic carbocycles. The molecule has 1 aliphatic rings. The molecule has 0 aliphatic carbocycles. The molecule has 5 nitrogen and oxygen atoms in total. The first-order chi connectivity index (χ1) is 13.0. The van der Waals surface area contributed by atoms with Crippen LogP contribution in [0.2, 0.25) is 0 Å². The number of hydrogen-bond donors (Lipinski definition) is 1. The zero-order chi connectivity index (χ0) is 19.1. The van der Waals surface area contributed by atoms with Gasteiger partial charge in [-0.15, -0.1) is 0 Å². The van der Waals surface area contributed by atoms with Crippen molar-refractivity contribution in [2.45, 2.75) is 25.4 Å². The Morgan fingerprint density at radius 2 is 1.85 bits per heavy atom. The Hall–Kier alpha value is -2.60. The molecule has 1 N–H and O–H groups in total. The van der Waals surface area contributed by atoms with E-state index in [4.69, 9.17) is 4.74 Å². The molecular formula is C21H19BrN2O3. The number of benzene rings is 2. The molecule has 0 fully saturated rings. The Bertz CT molecular complexity index is 1040. The van der Waals surface area contributed by atoms with Crippen LogP contribution in [0.25, 0.3) is 10.9 Å². The third-order valence-electron chi connectivity index (χ3n) is 5.17. The van der Waals surface area contributed by atoms with Crippen LogP contribution in [0.1, 0.15) is 29.8 Å². The van der Waals surface area contributed by atoms with Crippen LogP contribution in [0, 0.1) is 0 Å². The van der Waals surface area contributed by atoms with Crippen LogP contribution in [-0.2, 0) is 20.7 Å². The molecule has 1 unspecified atom stereocenters. The van der Waals surface area contributed by atoms with Crippen LogP contribution in [0.3, 0.4) is 0 Å². The molecule has 0 radical (unpaired) electrons. The van der Waals surface area contributed by atoms with Crippen molar-refractivity contribution >= 4 is 38.7 Å². The number of nitrogens with zero attached hydrogens (tertiary/aromatic N) is 1. The monoisotopic (exact) mass is 426 g/mol. The fourth-order valence-electron chi connectivity index (χ4n) is 4.02. The predicted octanol–water partition coefficient (Wildman–Crippen LogP) is 3.97. The molecule has 4 rings (SSSR count). The number of H-pyrrole nitrogens is 1. The van der Waals surface area contributed by atoms with Gasteiger partial charge in [-0.1, -0.05) is 52.3 Å². The van der Waals surface area contributed by atoms with E-state index in [9.17, 15) is 9.59 Å². The molecule has 2 heterocycles. The highest BCUT2D eigenvalue weighted by Gasteiger charge is 2.43. The minimum absolute atomic E-state index is 0.171. The smallest absolute Gasteiger partial charge is 0.328 e. The van der Waals surface area contributed by atoms with Crippen molar-refractivity contribution in [1.29, 1.82) is 0 Å². The summed E-state index contributed by atoms with van der Waals surface area (Å²) in [5.41, 5.74) is 3.92. The summed E-state index contributed by atoms with van der Waals surface area (Å²) in [7, 11) is 1.36. The van der Waals surface area contributed by atoms with Crippen LogP contribution in [0.15, 0.2) is 53.0 Å². The quantitative estimate of drug-likeness (QED) is 0.630. The van der Waals surface area contributed by atoms with Crippen LogP contribution in [0.4, 0.5) is 0 Å². The van der Waals surface area contributed by atoms with Gasteiger partial charge in [-0.05, 0) is 23.3 Å². The van der Waals surface area contributed by atoms with E-state index in [1.54, 1.807) is 4.90 Å². The maximum atomic E-state index is 12.6. The number of hydrogen-bond acceptors (Lipinski definition) is 3. The number of para-hydroxylation sites is 1. The first-order valence-corrected chi connectivity index (χ1v) is 9.53. The number of aromatic amines is 1. The summed E-state index contributed by atoms with van der Waals surface area (Å²) >= 11 is 3.61. The van der Waals surface area contributed by atoms with Crippen molar-refractivity contribution in [2.24, 2.45) is 0 Å². The second-order valence-corrected chi connectivity index (χ2v) is 7.51. The van der Waals surface area contributed by atoms with Crippen molar-refractivity contribution in [3.8, 4) is 0 Å². The highest BCUT2D eigenvalue weighted by atomic mass is 79.9. The third-order valence-corrected chi connectivity index (χ3v) is 5.89. The number of amides is 1. The highest BCUT2D eigenvalue weighted by Crippen LogP contribution is 2.43. The van der Waals surface area contributed by atoms with Crippen molar-refractivity contribution in [3.05, 3.63) is 69.8 Å². The molecule has 6 heteroatoms. The number of carbonyl (C=O) groups is 2. The van der Waals surface area contributed by atoms with Crippen LogP contribution >= 0.6 is 15.9 Å². The zero-order valence-electron chi connectivity index (χ0n) is 15.0. The van der Waals surface area contributed by atoms with Crippen molar-refractivity contribution in [2.75, 3.05) is 7.11 Å². The topological polar surface area (TPSA) is 62.4 Å². The van der Waals surface area contributed by atoms with Crippen LogP contribution in [0.5, 0.6) is 0 Å². The number of rotatable bonds is 2. The second kappa shape index (κ2) is 6.85. The van der Waals surface area contributed by atoms with E-state index < -0.39 is 18.1 Å². The Kier molecular flexibility index (Phi) is 4.52. The van der Waals surface area contributed by atoms with Gasteiger partial charge in [0.25, 0.3) is 0 Å². The molecule has 27 heavy (non-hydrogen) atoms. The van der Waals surface area contributed by atoms with Gasteiger partial charge in [0.2, 0.25) is 5.91 Å². The molecule has 3 aromatic rings. The highest BCUT2D eigenvalue weighted by molar-refractivity contribution is 9.10. The van der Waals surface area contributed by atoms with E-state index in [0.717, 1.165) is 32.2 Å². The number of carbonyl (C=O) groups excluding carboxylic acids is 2. The number of fused-ring (bicyclic) bond motifs is 3. The van der Waals surface area contributed by atoms with E-state index in [2.05, 4.69) is 20.9 Å². The van der Waals surface area contributed by atoms with Gasteiger partial charge >= 0.3 is 5.97 Å². The fraction of sp³-hybridized carbons (Fsp3) is 0.238. The molecule has 1 amide bonds. The molecule has 0 spiro atoms. The number of halogens is 1. The Morgan fingerprint density at radius 1 is 1.15 bits per heavy atom. The lowest BCUT2D eigenvalue weighted by molar-refractivity contribution is -0.154. The lowest BCUT2D eigenvalue weighted by atomic mass is 9.88. The first-order valence-electron chi connectivity index (χ1n) is 8.73. The molecule has 2 atom stereocenters. The van der Waals surface area contributed by atoms with Gasteiger partial charge in [-0.25, -0.2) is 4.79 Å². The van der Waals surface area contributed by atoms with Crippen LogP contribution < -0.4 is 0 Å². The number of ether oxygens (including phenoxy) is 1. The van der Waals surface area contributed by atoms with Gasteiger partial charge in [0.15, 0.2) is 0 Å². The summed E-state index contributed by atoms with van der Waals surface area (Å²) in [4.78, 5) is 30.3. The van der Waals surface area contributed by atoms with Gasteiger partial charge in [-0.2, -0.15) is 0 Å². The molecule has 138 valence electrons. The van der Waals surface area contributed by atoms with E-state index in [1.807, 2.05) is 48.5 Å². The van der Waals surface area contributed by atoms with Gasteiger partial charge in [-0.3, -0.25) is 4.79 Å². The summed E-state index contributed by atoms with van der Waals surface area (Å²) in [5.74, 6) is -0.575. The minimum atomic E-state index is -0.670. The maximum Gasteiger partial charge on any atom is 0.328 e. The molecule has 1 aliphatic heterocycles. The SMILES string of the molecule is COC(=O)[C@@H]1Cc2c([nH]c3ccccc23)C(c2ccccc2Br)N1C(C)=O. The predicted molar refractivity (Wildman–Crippen MR) is 106 cm³/mol. The van der Waals surface area contributed by atoms with E-state index in [1.165, 1.54) is 14.0 Å². The standard InChI is InChI=1S/C21H19BrN2O3/c1-12(25)24-18(21(26)27-2)11-15-13-7-4-6-10-17(13)23-19(15)20(24)14-8-3-5-9-16(14)22/h3-10,18,20,23H,11H2,1-2H3/t18-,20?/m0/s1. The number of methoxy groups -OCH3 is 1. The number of aromatic nitrogens is 1. The summed E-state index contributed by atoms with van der Waals surface area (Å²) in [5, 5.41) is 1.07. The summed E-state index contributed by atoms with van der Waals surface area (Å²) < 4.78 is 5.92. The van der Waals surface area contributed by atoms with Gasteiger partial charge in [0.1, 0.15) is 6.04 Å². The van der Waals surface area contributed by atoms with E-state index in [-0.39, 0.29) is 5.91 Å². The maximum absolute atomic E-state index is 12.6. The zero-order valence-corrected chi connectivity index (χ0v) is 16.6. The van der Waals surface area contributed by atoms with Crippen molar-refractivity contribution in [3.63, 3.8) is 0 Å². The molecule has 0 saturated carbocycles. The average Bonchev–Trinajstić information content (AvgIpc) is 3.05. The molecular weight excluding hydrogens is 408 g/mol. The summed E-state index contributed by atoms with van der Waals surface area (Å²) in [6.07, 6.45) is 0.423. The second-order valence-electron chi connectivity index (χ2n) is 6.66. The van der Waals surface area contributed by atoms with Gasteiger partial charge in [0.05, 0.1) is 13.2 Å². The van der Waals surface area contributed by atoms with E-state index >= 15 is 0 Å². The lowest BCUT2D eigenvalue weighted by Crippen LogP contribution is -2.51. The largest absolute Gasteiger partial charge is 0.467 e. The van der Waals surface area contributed by atoms with Gasteiger partial charge in [0, 0.05) is 34.4 Å². The lowest BCUT2D eigenvalue weighted by Gasteiger charge is -2.40. The molecule has 0 saturated heterocycles. The van der Waals surface area contributed by atoms with Crippen LogP contribution in [-0.4, -0.2) is 34.9 Å². The Labute approximate surface area is 165 Å². The fourth-order valence-corrected chi connectivity index (χ4v) is 4.52. The Morgan fingerprint density at radius 3 is 2.56 bits per heavy atom.